The molecule has 2 aliphatic carbocycles. The van der Waals surface area contributed by atoms with Crippen molar-refractivity contribution in [2.75, 3.05) is 12.3 Å². The van der Waals surface area contributed by atoms with E-state index in [1.165, 1.54) is 6.42 Å². The molecular weight excluding hydrogens is 354 g/mol. The van der Waals surface area contributed by atoms with E-state index >= 15 is 0 Å². The number of hydrogen-bond acceptors (Lipinski definition) is 5. The molecule has 3 N–H and O–H groups in total. The van der Waals surface area contributed by atoms with Crippen LogP contribution in [0.3, 0.4) is 0 Å². The lowest BCUT2D eigenvalue weighted by Gasteiger charge is -2.25. The minimum Gasteiger partial charge on any atom is -0.481 e. The van der Waals surface area contributed by atoms with Crippen molar-refractivity contribution >= 4 is 29.5 Å². The van der Waals surface area contributed by atoms with Crippen molar-refractivity contribution < 1.29 is 19.5 Å². The topological polar surface area (TPSA) is 98.7 Å². The molecular formula is C18H29N3O4S. The molecule has 1 heterocycles. The predicted molar refractivity (Wildman–Crippen MR) is 99.9 cm³/mol. The Morgan fingerprint density at radius 1 is 1.23 bits per heavy atom. The summed E-state index contributed by atoms with van der Waals surface area (Å²) in [6.07, 6.45) is 8.12. The molecule has 0 aromatic heterocycles. The molecule has 3 rings (SSSR count). The monoisotopic (exact) mass is 383 g/mol. The Morgan fingerprint density at radius 3 is 2.73 bits per heavy atom. The number of rotatable bonds is 9. The number of ketones is 1. The van der Waals surface area contributed by atoms with Gasteiger partial charge >= 0.3 is 12.0 Å². The van der Waals surface area contributed by atoms with Gasteiger partial charge in [0, 0.05) is 17.6 Å². The molecule has 146 valence electrons. The summed E-state index contributed by atoms with van der Waals surface area (Å²) in [6, 6.07) is 0.0705. The Balaban J connectivity index is 1.42. The van der Waals surface area contributed by atoms with Crippen LogP contribution in [0.2, 0.25) is 0 Å². The maximum Gasteiger partial charge on any atom is 0.332 e. The third kappa shape index (κ3) is 4.91. The van der Waals surface area contributed by atoms with Crippen molar-refractivity contribution in [2.24, 2.45) is 5.92 Å². The van der Waals surface area contributed by atoms with Crippen molar-refractivity contribution in [3.8, 4) is 0 Å². The van der Waals surface area contributed by atoms with Crippen molar-refractivity contribution in [1.82, 2.24) is 15.8 Å². The minimum absolute atomic E-state index is 0.0821. The van der Waals surface area contributed by atoms with Gasteiger partial charge < -0.3 is 10.4 Å². The van der Waals surface area contributed by atoms with Crippen LogP contribution in [0.5, 0.6) is 0 Å². The Bertz CT molecular complexity index is 539. The number of carboxylic acids is 1. The molecule has 8 heteroatoms. The highest BCUT2D eigenvalue weighted by Gasteiger charge is 2.46. The summed E-state index contributed by atoms with van der Waals surface area (Å²) in [7, 11) is 0. The average Bonchev–Trinajstić information content (AvgIpc) is 3.14. The van der Waals surface area contributed by atoms with Gasteiger partial charge in [-0.2, -0.15) is 11.8 Å². The maximum atomic E-state index is 12.4. The number of carbonyl (C=O) groups is 3. The SMILES string of the molecule is O=C(O)CCCSC1CC2NC(=O)N(NCC(=O)C3CCCCC3)C2C1. The number of hydrazine groups is 1. The van der Waals surface area contributed by atoms with E-state index in [4.69, 9.17) is 5.11 Å². The van der Waals surface area contributed by atoms with Gasteiger partial charge in [0.2, 0.25) is 0 Å². The van der Waals surface area contributed by atoms with Crippen molar-refractivity contribution in [3.05, 3.63) is 0 Å². The third-order valence-corrected chi connectivity index (χ3v) is 7.10. The molecule has 0 aromatic carbocycles. The molecule has 1 saturated heterocycles. The van der Waals surface area contributed by atoms with Crippen LogP contribution in [0.4, 0.5) is 4.79 Å². The number of thioether (sulfide) groups is 1. The van der Waals surface area contributed by atoms with Crippen molar-refractivity contribution in [1.29, 1.82) is 0 Å². The zero-order valence-electron chi connectivity index (χ0n) is 15.1. The highest BCUT2D eigenvalue weighted by atomic mass is 32.2. The normalized spacial score (nSPS) is 28.8. The second-order valence-electron chi connectivity index (χ2n) is 7.59. The van der Waals surface area contributed by atoms with Crippen LogP contribution in [0, 0.1) is 5.92 Å². The predicted octanol–water partition coefficient (Wildman–Crippen LogP) is 2.16. The second kappa shape index (κ2) is 9.08. The molecule has 3 aliphatic rings. The summed E-state index contributed by atoms with van der Waals surface area (Å²) in [5, 5.41) is 13.8. The van der Waals surface area contributed by atoms with Gasteiger partial charge in [-0.15, -0.1) is 0 Å². The number of carboxylic acid groups (broad SMARTS) is 1. The molecule has 2 saturated carbocycles. The third-order valence-electron chi connectivity index (χ3n) is 5.72. The number of urea groups is 1. The summed E-state index contributed by atoms with van der Waals surface area (Å²) in [5.74, 6) is 0.453. The van der Waals surface area contributed by atoms with E-state index in [0.29, 0.717) is 11.7 Å². The Labute approximate surface area is 158 Å². The number of nitrogens with zero attached hydrogens (tertiary/aromatic N) is 1. The van der Waals surface area contributed by atoms with Crippen molar-refractivity contribution in [3.63, 3.8) is 0 Å². The fourth-order valence-electron chi connectivity index (χ4n) is 4.32. The number of hydrogen-bond donors (Lipinski definition) is 3. The molecule has 1 aliphatic heterocycles. The zero-order chi connectivity index (χ0) is 18.5. The summed E-state index contributed by atoms with van der Waals surface area (Å²) < 4.78 is 0. The van der Waals surface area contributed by atoms with Crippen LogP contribution >= 0.6 is 11.8 Å². The lowest BCUT2D eigenvalue weighted by molar-refractivity contribution is -0.137. The Hall–Kier alpha value is -1.28. The number of aliphatic carboxylic acids is 1. The van der Waals surface area contributed by atoms with Gasteiger partial charge in [-0.3, -0.25) is 14.6 Å². The molecule has 26 heavy (non-hydrogen) atoms. The van der Waals surface area contributed by atoms with Crippen LogP contribution < -0.4 is 10.7 Å². The lowest BCUT2D eigenvalue weighted by Crippen LogP contribution is -2.48. The summed E-state index contributed by atoms with van der Waals surface area (Å²) in [5.41, 5.74) is 3.09. The largest absolute Gasteiger partial charge is 0.481 e. The minimum atomic E-state index is -0.751. The lowest BCUT2D eigenvalue weighted by atomic mass is 9.86. The Morgan fingerprint density at radius 2 is 2.00 bits per heavy atom. The van der Waals surface area contributed by atoms with Gasteiger partial charge in [0.05, 0.1) is 18.6 Å². The number of carbonyl (C=O) groups excluding carboxylic acids is 2. The summed E-state index contributed by atoms with van der Waals surface area (Å²) in [6.45, 7) is 0.234. The smallest absolute Gasteiger partial charge is 0.332 e. The Kier molecular flexibility index (Phi) is 6.80. The van der Waals surface area contributed by atoms with E-state index in [2.05, 4.69) is 10.7 Å². The fourth-order valence-corrected chi connectivity index (χ4v) is 5.64. The maximum absolute atomic E-state index is 12.4. The molecule has 7 nitrogen and oxygen atoms in total. The zero-order valence-corrected chi connectivity index (χ0v) is 15.9. The van der Waals surface area contributed by atoms with E-state index in [1.54, 1.807) is 16.8 Å². The number of Topliss-reactive ketones (excluding diaryl/α,β-unsaturated/α-hetero) is 1. The van der Waals surface area contributed by atoms with E-state index in [0.717, 1.165) is 44.3 Å². The highest BCUT2D eigenvalue weighted by molar-refractivity contribution is 7.99. The van der Waals surface area contributed by atoms with E-state index < -0.39 is 5.97 Å². The summed E-state index contributed by atoms with van der Waals surface area (Å²) >= 11 is 1.80. The van der Waals surface area contributed by atoms with Gasteiger partial charge in [-0.1, -0.05) is 19.3 Å². The molecule has 3 atom stereocenters. The number of amides is 2. The van der Waals surface area contributed by atoms with Crippen LogP contribution in [-0.2, 0) is 9.59 Å². The van der Waals surface area contributed by atoms with Gasteiger partial charge in [0.15, 0.2) is 5.78 Å². The molecule has 0 aromatic rings. The van der Waals surface area contributed by atoms with E-state index in [9.17, 15) is 14.4 Å². The first-order valence-electron chi connectivity index (χ1n) is 9.74. The molecule has 3 unspecified atom stereocenters. The highest BCUT2D eigenvalue weighted by Crippen LogP contribution is 2.36. The van der Waals surface area contributed by atoms with E-state index in [1.807, 2.05) is 0 Å². The molecule has 3 fully saturated rings. The standard InChI is InChI=1S/C18H29N3O4S/c22-16(12-5-2-1-3-6-12)11-19-21-15-10-13(9-14(15)20-18(21)25)26-8-4-7-17(23)24/h12-15,19H,1-11H2,(H,20,25)(H,23,24). The molecule has 0 spiro atoms. The molecule has 2 amide bonds. The van der Waals surface area contributed by atoms with Crippen LogP contribution in [0.25, 0.3) is 0 Å². The van der Waals surface area contributed by atoms with Crippen molar-refractivity contribution in [2.45, 2.75) is 75.1 Å². The second-order valence-corrected chi connectivity index (χ2v) is 9.00. The first kappa shape index (κ1) is 19.5. The average molecular weight is 384 g/mol. The van der Waals surface area contributed by atoms with Gasteiger partial charge in [-0.25, -0.2) is 10.2 Å². The van der Waals surface area contributed by atoms with E-state index in [-0.39, 0.29) is 42.8 Å². The molecule has 0 bridgehead atoms. The van der Waals surface area contributed by atoms with Gasteiger partial charge in [0.1, 0.15) is 0 Å². The van der Waals surface area contributed by atoms with Gasteiger partial charge in [-0.05, 0) is 37.9 Å². The fraction of sp³-hybridized carbons (Fsp3) is 0.833. The molecule has 0 radical (unpaired) electrons. The number of nitrogens with one attached hydrogen (secondary N) is 2. The number of fused-ring (bicyclic) bond motifs is 1. The first-order valence-corrected chi connectivity index (χ1v) is 10.8. The van der Waals surface area contributed by atoms with Crippen LogP contribution in [0.15, 0.2) is 0 Å². The van der Waals surface area contributed by atoms with Crippen LogP contribution in [0.1, 0.15) is 57.8 Å². The quantitative estimate of drug-likeness (QED) is 0.528. The van der Waals surface area contributed by atoms with Crippen LogP contribution in [-0.4, -0.2) is 57.5 Å². The van der Waals surface area contributed by atoms with Gasteiger partial charge in [0.25, 0.3) is 0 Å². The first-order chi connectivity index (χ1) is 12.5. The summed E-state index contributed by atoms with van der Waals surface area (Å²) in [4.78, 5) is 35.1.